The van der Waals surface area contributed by atoms with Crippen molar-refractivity contribution in [2.24, 2.45) is 0 Å². The molecule has 0 spiro atoms. The molecule has 6 heteroatoms. The lowest BCUT2D eigenvalue weighted by Crippen LogP contribution is -2.31. The van der Waals surface area contributed by atoms with Crippen LogP contribution in [0, 0.1) is 0 Å². The second-order valence-electron chi connectivity index (χ2n) is 5.15. The third kappa shape index (κ3) is 4.18. The number of halogens is 3. The Balaban J connectivity index is 3.00. The standard InChI is InChI=1S/C11H17F3O2Si/c1-17(2,3)16-9-7-5-4-6-8(9)10(15)11(12,13)14/h4-7H2,1-3H3. The van der Waals surface area contributed by atoms with Gasteiger partial charge in [0, 0.05) is 12.0 Å². The average Bonchev–Trinajstić information content (AvgIpc) is 2.13. The van der Waals surface area contributed by atoms with Crippen LogP contribution in [0.1, 0.15) is 25.7 Å². The van der Waals surface area contributed by atoms with Crippen LogP contribution in [0.25, 0.3) is 0 Å². The molecule has 0 aromatic carbocycles. The number of hydrogen-bond donors (Lipinski definition) is 0. The monoisotopic (exact) mass is 266 g/mol. The Morgan fingerprint density at radius 2 is 1.71 bits per heavy atom. The highest BCUT2D eigenvalue weighted by Crippen LogP contribution is 2.33. The molecule has 0 saturated heterocycles. The van der Waals surface area contributed by atoms with Gasteiger partial charge < -0.3 is 4.43 Å². The van der Waals surface area contributed by atoms with E-state index in [9.17, 15) is 18.0 Å². The van der Waals surface area contributed by atoms with Crippen molar-refractivity contribution in [1.82, 2.24) is 0 Å². The topological polar surface area (TPSA) is 26.3 Å². The molecule has 0 radical (unpaired) electrons. The minimum atomic E-state index is -4.79. The first-order valence-electron chi connectivity index (χ1n) is 5.64. The molecule has 17 heavy (non-hydrogen) atoms. The summed E-state index contributed by atoms with van der Waals surface area (Å²) in [4.78, 5) is 11.3. The Morgan fingerprint density at radius 1 is 1.18 bits per heavy atom. The average molecular weight is 266 g/mol. The molecule has 0 atom stereocenters. The summed E-state index contributed by atoms with van der Waals surface area (Å²) in [6.07, 6.45) is -2.76. The molecule has 2 nitrogen and oxygen atoms in total. The first-order valence-corrected chi connectivity index (χ1v) is 9.04. The lowest BCUT2D eigenvalue weighted by molar-refractivity contribution is -0.167. The fourth-order valence-electron chi connectivity index (χ4n) is 1.77. The van der Waals surface area contributed by atoms with Crippen molar-refractivity contribution in [1.29, 1.82) is 0 Å². The van der Waals surface area contributed by atoms with Gasteiger partial charge in [0.15, 0.2) is 0 Å². The normalized spacial score (nSPS) is 18.2. The van der Waals surface area contributed by atoms with Crippen molar-refractivity contribution in [2.45, 2.75) is 51.5 Å². The number of ketones is 1. The largest absolute Gasteiger partial charge is 0.547 e. The Morgan fingerprint density at radius 3 is 2.18 bits per heavy atom. The molecular weight excluding hydrogens is 249 g/mol. The summed E-state index contributed by atoms with van der Waals surface area (Å²) < 4.78 is 42.8. The molecule has 0 aromatic heterocycles. The molecule has 0 heterocycles. The third-order valence-electron chi connectivity index (χ3n) is 2.38. The number of carbonyl (C=O) groups excluding carboxylic acids is 1. The van der Waals surface area contributed by atoms with Gasteiger partial charge in [0.05, 0.1) is 5.76 Å². The van der Waals surface area contributed by atoms with E-state index >= 15 is 0 Å². The molecule has 0 aromatic rings. The highest BCUT2D eigenvalue weighted by molar-refractivity contribution is 6.70. The van der Waals surface area contributed by atoms with Gasteiger partial charge in [-0.2, -0.15) is 13.2 Å². The van der Waals surface area contributed by atoms with E-state index in [4.69, 9.17) is 4.43 Å². The molecule has 0 fully saturated rings. The van der Waals surface area contributed by atoms with Gasteiger partial charge in [0.1, 0.15) is 0 Å². The highest BCUT2D eigenvalue weighted by Gasteiger charge is 2.42. The minimum absolute atomic E-state index is 0.161. The van der Waals surface area contributed by atoms with Crippen molar-refractivity contribution in [3.05, 3.63) is 11.3 Å². The van der Waals surface area contributed by atoms with Gasteiger partial charge in [-0.25, -0.2) is 0 Å². The summed E-state index contributed by atoms with van der Waals surface area (Å²) in [6.45, 7) is 5.68. The van der Waals surface area contributed by atoms with E-state index in [0.29, 0.717) is 12.8 Å². The van der Waals surface area contributed by atoms with Crippen molar-refractivity contribution < 1.29 is 22.4 Å². The molecule has 0 amide bonds. The lowest BCUT2D eigenvalue weighted by Gasteiger charge is -2.27. The van der Waals surface area contributed by atoms with Gasteiger partial charge in [-0.15, -0.1) is 0 Å². The number of hydrogen-bond acceptors (Lipinski definition) is 2. The van der Waals surface area contributed by atoms with Crippen molar-refractivity contribution in [2.75, 3.05) is 0 Å². The second-order valence-corrected chi connectivity index (χ2v) is 9.58. The summed E-state index contributed by atoms with van der Waals surface area (Å²) in [6, 6.07) is 0. The summed E-state index contributed by atoms with van der Waals surface area (Å²) in [7, 11) is -1.97. The van der Waals surface area contributed by atoms with Gasteiger partial charge in [0.25, 0.3) is 5.78 Å². The van der Waals surface area contributed by atoms with Gasteiger partial charge in [-0.3, -0.25) is 4.79 Å². The Labute approximate surface area is 100.0 Å². The lowest BCUT2D eigenvalue weighted by atomic mass is 9.94. The zero-order valence-corrected chi connectivity index (χ0v) is 11.3. The maximum absolute atomic E-state index is 12.4. The number of alkyl halides is 3. The number of allylic oxidation sites excluding steroid dienone is 2. The van der Waals surface area contributed by atoms with Crippen LogP contribution in [0.4, 0.5) is 13.2 Å². The van der Waals surface area contributed by atoms with E-state index in [1.807, 2.05) is 19.6 Å². The fourth-order valence-corrected chi connectivity index (χ4v) is 2.74. The molecule has 1 aliphatic rings. The third-order valence-corrected chi connectivity index (χ3v) is 3.24. The van der Waals surface area contributed by atoms with Gasteiger partial charge in [-0.05, 0) is 38.9 Å². The highest BCUT2D eigenvalue weighted by atomic mass is 28.4. The maximum Gasteiger partial charge on any atom is 0.454 e. The van der Waals surface area contributed by atoms with Crippen LogP contribution in [0.2, 0.25) is 19.6 Å². The van der Waals surface area contributed by atoms with Crippen LogP contribution < -0.4 is 0 Å². The number of Topliss-reactive ketones (excluding diaryl/α,β-unsaturated/α-hetero) is 1. The van der Waals surface area contributed by atoms with Crippen LogP contribution in [-0.4, -0.2) is 20.3 Å². The first-order chi connectivity index (χ1) is 7.61. The van der Waals surface area contributed by atoms with E-state index in [2.05, 4.69) is 0 Å². The van der Waals surface area contributed by atoms with Crippen molar-refractivity contribution in [3.63, 3.8) is 0 Å². The molecular formula is C11H17F3O2Si. The first kappa shape index (κ1) is 14.3. The van der Waals surface area contributed by atoms with E-state index in [-0.39, 0.29) is 17.8 Å². The summed E-state index contributed by atoms with van der Waals surface area (Å²) in [5, 5.41) is 0. The molecule has 0 saturated carbocycles. The maximum atomic E-state index is 12.4. The Kier molecular flexibility index (Phi) is 4.06. The van der Waals surface area contributed by atoms with E-state index < -0.39 is 20.3 Å². The van der Waals surface area contributed by atoms with E-state index in [1.54, 1.807) is 0 Å². The quantitative estimate of drug-likeness (QED) is 0.726. The van der Waals surface area contributed by atoms with E-state index in [0.717, 1.165) is 6.42 Å². The zero-order valence-electron chi connectivity index (χ0n) is 10.3. The SMILES string of the molecule is C[Si](C)(C)OC1=C(C(=O)C(F)(F)F)CCCC1. The number of carbonyl (C=O) groups is 1. The van der Waals surface area contributed by atoms with E-state index in [1.165, 1.54) is 0 Å². The fraction of sp³-hybridized carbons (Fsp3) is 0.727. The van der Waals surface area contributed by atoms with Crippen LogP contribution in [0.15, 0.2) is 11.3 Å². The molecule has 1 aliphatic carbocycles. The van der Waals surface area contributed by atoms with Crippen LogP contribution in [0.5, 0.6) is 0 Å². The van der Waals surface area contributed by atoms with Crippen LogP contribution in [0.3, 0.4) is 0 Å². The molecule has 0 aliphatic heterocycles. The molecule has 0 unspecified atom stereocenters. The van der Waals surface area contributed by atoms with Gasteiger partial charge in [0.2, 0.25) is 8.32 Å². The van der Waals surface area contributed by atoms with Gasteiger partial charge in [-0.1, -0.05) is 0 Å². The Bertz CT molecular complexity index is 340. The summed E-state index contributed by atoms with van der Waals surface area (Å²) >= 11 is 0. The number of rotatable bonds is 3. The van der Waals surface area contributed by atoms with Crippen molar-refractivity contribution in [3.8, 4) is 0 Å². The predicted molar refractivity (Wildman–Crippen MR) is 61.0 cm³/mol. The Hall–Kier alpha value is -0.783. The molecule has 0 N–H and O–H groups in total. The van der Waals surface area contributed by atoms with Crippen LogP contribution >= 0.6 is 0 Å². The van der Waals surface area contributed by atoms with Crippen LogP contribution in [-0.2, 0) is 9.22 Å². The molecule has 0 bridgehead atoms. The smallest absolute Gasteiger partial charge is 0.454 e. The molecule has 98 valence electrons. The predicted octanol–water partition coefficient (Wildman–Crippen LogP) is 3.80. The zero-order chi connectivity index (χ0) is 13.3. The summed E-state index contributed by atoms with van der Waals surface area (Å²) in [5.74, 6) is -1.46. The summed E-state index contributed by atoms with van der Waals surface area (Å²) in [5.41, 5.74) is -0.161. The van der Waals surface area contributed by atoms with Crippen molar-refractivity contribution >= 4 is 14.1 Å². The van der Waals surface area contributed by atoms with Gasteiger partial charge >= 0.3 is 6.18 Å². The minimum Gasteiger partial charge on any atom is -0.547 e. The molecule has 1 rings (SSSR count). The second kappa shape index (κ2) is 4.84.